The van der Waals surface area contributed by atoms with E-state index in [-0.39, 0.29) is 37.4 Å². The van der Waals surface area contributed by atoms with Crippen molar-refractivity contribution in [2.45, 2.75) is 30.2 Å². The lowest BCUT2D eigenvalue weighted by atomic mass is 10.1. The van der Waals surface area contributed by atoms with Gasteiger partial charge in [-0.3, -0.25) is 4.98 Å². The average Bonchev–Trinajstić information content (AvgIpc) is 2.88. The zero-order valence-electron chi connectivity index (χ0n) is 18.9. The second-order valence-electron chi connectivity index (χ2n) is 8.58. The number of aromatic nitrogens is 2. The van der Waals surface area contributed by atoms with Crippen LogP contribution >= 0.6 is 0 Å². The number of hydrogen-bond acceptors (Lipinski definition) is 5. The van der Waals surface area contributed by atoms with Crippen LogP contribution in [-0.2, 0) is 16.6 Å². The number of halogens is 2. The molecule has 0 aliphatic carbocycles. The Kier molecular flexibility index (Phi) is 6.21. The molecule has 35 heavy (non-hydrogen) atoms. The van der Waals surface area contributed by atoms with Crippen LogP contribution in [0.5, 0.6) is 0 Å². The summed E-state index contributed by atoms with van der Waals surface area (Å²) >= 11 is 0. The summed E-state index contributed by atoms with van der Waals surface area (Å²) in [5.74, 6) is -2.64. The summed E-state index contributed by atoms with van der Waals surface area (Å²) in [5, 5.41) is 0. The van der Waals surface area contributed by atoms with Gasteiger partial charge in [-0.15, -0.1) is 0 Å². The number of piperidine rings is 1. The van der Waals surface area contributed by atoms with Crippen LogP contribution in [0.3, 0.4) is 0 Å². The van der Waals surface area contributed by atoms with Crippen LogP contribution in [0.2, 0.25) is 0 Å². The Hall–Kier alpha value is -3.43. The maximum Gasteiger partial charge on any atom is 0.251 e. The Morgan fingerprint density at radius 1 is 0.943 bits per heavy atom. The molecular weight excluding hydrogens is 470 g/mol. The maximum atomic E-state index is 13.7. The molecule has 6 nitrogen and oxygen atoms in total. The zero-order chi connectivity index (χ0) is 24.5. The van der Waals surface area contributed by atoms with Crippen molar-refractivity contribution in [1.29, 1.82) is 0 Å². The Labute approximate surface area is 202 Å². The van der Waals surface area contributed by atoms with Crippen LogP contribution in [0.15, 0.2) is 83.9 Å². The third-order valence-electron chi connectivity index (χ3n) is 6.15. The number of pyridine rings is 2. The van der Waals surface area contributed by atoms with E-state index in [0.717, 1.165) is 11.3 Å². The van der Waals surface area contributed by atoms with Gasteiger partial charge in [-0.1, -0.05) is 42.5 Å². The number of nitrogens with one attached hydrogen (secondary N) is 1. The van der Waals surface area contributed by atoms with E-state index in [0.29, 0.717) is 22.3 Å². The van der Waals surface area contributed by atoms with Gasteiger partial charge in [0.05, 0.1) is 21.8 Å². The van der Waals surface area contributed by atoms with Gasteiger partial charge in [-0.2, -0.15) is 0 Å². The van der Waals surface area contributed by atoms with E-state index in [1.807, 2.05) is 41.3 Å². The predicted molar refractivity (Wildman–Crippen MR) is 132 cm³/mol. The predicted octanol–water partition coefficient (Wildman–Crippen LogP) is 5.01. The third kappa shape index (κ3) is 5.16. The van der Waals surface area contributed by atoms with Gasteiger partial charge in [0, 0.05) is 44.2 Å². The van der Waals surface area contributed by atoms with Crippen LogP contribution in [0.1, 0.15) is 18.4 Å². The second-order valence-corrected chi connectivity index (χ2v) is 10.3. The van der Waals surface area contributed by atoms with Gasteiger partial charge in [0.25, 0.3) is 5.92 Å². The minimum Gasteiger partial charge on any atom is -0.369 e. The Balaban J connectivity index is 1.44. The van der Waals surface area contributed by atoms with Crippen LogP contribution in [0.25, 0.3) is 22.3 Å². The molecule has 1 N–H and O–H groups in total. The van der Waals surface area contributed by atoms with Crippen molar-refractivity contribution in [3.63, 3.8) is 0 Å². The molecule has 3 heterocycles. The molecule has 1 aliphatic rings. The van der Waals surface area contributed by atoms with E-state index in [1.54, 1.807) is 42.6 Å². The van der Waals surface area contributed by atoms with Crippen molar-refractivity contribution in [3.05, 3.63) is 84.6 Å². The summed E-state index contributed by atoms with van der Waals surface area (Å²) in [7, 11) is -3.74. The number of benzene rings is 2. The molecular formula is C26H24F2N4O2S. The number of hydrogen-bond donors (Lipinski definition) is 1. The summed E-state index contributed by atoms with van der Waals surface area (Å²) in [4.78, 5) is 11.2. The molecule has 1 aliphatic heterocycles. The highest BCUT2D eigenvalue weighted by atomic mass is 32.2. The number of rotatable bonds is 6. The Bertz CT molecular complexity index is 1450. The van der Waals surface area contributed by atoms with E-state index < -0.39 is 15.9 Å². The molecule has 0 radical (unpaired) electrons. The van der Waals surface area contributed by atoms with Gasteiger partial charge < -0.3 is 4.90 Å². The third-order valence-corrected chi connectivity index (χ3v) is 7.55. The normalized spacial score (nSPS) is 15.9. The molecule has 9 heteroatoms. The van der Waals surface area contributed by atoms with Crippen molar-refractivity contribution in [2.75, 3.05) is 18.0 Å². The van der Waals surface area contributed by atoms with Crippen molar-refractivity contribution in [3.8, 4) is 11.3 Å². The molecule has 0 saturated carbocycles. The van der Waals surface area contributed by atoms with E-state index in [1.165, 1.54) is 0 Å². The second kappa shape index (κ2) is 9.31. The minimum atomic E-state index is -3.74. The van der Waals surface area contributed by atoms with Crippen molar-refractivity contribution in [1.82, 2.24) is 14.7 Å². The smallest absolute Gasteiger partial charge is 0.251 e. The summed E-state index contributed by atoms with van der Waals surface area (Å²) in [6.07, 6.45) is 1.25. The molecule has 4 aromatic rings. The zero-order valence-corrected chi connectivity index (χ0v) is 19.7. The SMILES string of the molecule is O=S(=O)(NCc1ccccc1)c1cccc(-c2ccc3nccc(N4CCC(F)(F)CC4)c3n2)c1. The molecule has 180 valence electrons. The first-order valence-electron chi connectivity index (χ1n) is 11.3. The van der Waals surface area contributed by atoms with Gasteiger partial charge in [-0.25, -0.2) is 26.9 Å². The topological polar surface area (TPSA) is 75.2 Å². The first kappa shape index (κ1) is 23.3. The molecule has 1 fully saturated rings. The Morgan fingerprint density at radius 3 is 2.49 bits per heavy atom. The highest BCUT2D eigenvalue weighted by Gasteiger charge is 2.34. The van der Waals surface area contributed by atoms with Gasteiger partial charge in [-0.05, 0) is 35.9 Å². The Morgan fingerprint density at radius 2 is 1.71 bits per heavy atom. The molecule has 2 aromatic heterocycles. The number of nitrogens with zero attached hydrogens (tertiary/aromatic N) is 3. The lowest BCUT2D eigenvalue weighted by molar-refractivity contribution is -0.0220. The number of alkyl halides is 2. The molecule has 0 unspecified atom stereocenters. The monoisotopic (exact) mass is 494 g/mol. The van der Waals surface area contributed by atoms with E-state index in [2.05, 4.69) is 9.71 Å². The minimum absolute atomic E-state index is 0.137. The quantitative estimate of drug-likeness (QED) is 0.408. The largest absolute Gasteiger partial charge is 0.369 e. The van der Waals surface area contributed by atoms with Crippen molar-refractivity contribution < 1.29 is 17.2 Å². The van der Waals surface area contributed by atoms with Crippen LogP contribution in [-0.4, -0.2) is 37.4 Å². The first-order chi connectivity index (χ1) is 16.8. The fourth-order valence-corrected chi connectivity index (χ4v) is 5.25. The molecule has 5 rings (SSSR count). The molecule has 0 spiro atoms. The summed E-state index contributed by atoms with van der Waals surface area (Å²) < 4.78 is 55.8. The molecule has 2 aromatic carbocycles. The standard InChI is InChI=1S/C26H24F2N4O2S/c27-26(28)12-15-32(16-13-26)24-11-14-29-23-10-9-22(31-25(23)24)20-7-4-8-21(17-20)35(33,34)30-18-19-5-2-1-3-6-19/h1-11,14,17,30H,12-13,15-16,18H2. The molecule has 0 bridgehead atoms. The summed E-state index contributed by atoms with van der Waals surface area (Å²) in [6.45, 7) is 0.656. The molecule has 1 saturated heterocycles. The van der Waals surface area contributed by atoms with E-state index >= 15 is 0 Å². The fraction of sp³-hybridized carbons (Fsp3) is 0.231. The van der Waals surface area contributed by atoms with Gasteiger partial charge in [0.15, 0.2) is 0 Å². The van der Waals surface area contributed by atoms with Gasteiger partial charge in [0.2, 0.25) is 10.0 Å². The van der Waals surface area contributed by atoms with E-state index in [9.17, 15) is 17.2 Å². The number of sulfonamides is 1. The molecule has 0 atom stereocenters. The summed E-state index contributed by atoms with van der Waals surface area (Å²) in [5.41, 5.74) is 4.07. The molecule has 0 amide bonds. The van der Waals surface area contributed by atoms with Crippen molar-refractivity contribution in [2.24, 2.45) is 0 Å². The first-order valence-corrected chi connectivity index (χ1v) is 12.8. The lowest BCUT2D eigenvalue weighted by Gasteiger charge is -2.33. The van der Waals surface area contributed by atoms with E-state index in [4.69, 9.17) is 4.98 Å². The van der Waals surface area contributed by atoms with Crippen LogP contribution in [0, 0.1) is 0 Å². The van der Waals surface area contributed by atoms with Gasteiger partial charge >= 0.3 is 0 Å². The average molecular weight is 495 g/mol. The summed E-state index contributed by atoms with van der Waals surface area (Å²) in [6, 6.07) is 21.3. The fourth-order valence-electron chi connectivity index (χ4n) is 4.18. The van der Waals surface area contributed by atoms with Crippen LogP contribution < -0.4 is 9.62 Å². The maximum absolute atomic E-state index is 13.7. The highest BCUT2D eigenvalue weighted by molar-refractivity contribution is 7.89. The van der Waals surface area contributed by atoms with Gasteiger partial charge in [0.1, 0.15) is 5.52 Å². The highest BCUT2D eigenvalue weighted by Crippen LogP contribution is 2.33. The number of anilines is 1. The number of fused-ring (bicyclic) bond motifs is 1. The van der Waals surface area contributed by atoms with Crippen molar-refractivity contribution >= 4 is 26.7 Å². The van der Waals surface area contributed by atoms with Crippen LogP contribution in [0.4, 0.5) is 14.5 Å². The lowest BCUT2D eigenvalue weighted by Crippen LogP contribution is -2.39.